The van der Waals surface area contributed by atoms with Crippen LogP contribution in [-0.4, -0.2) is 46.2 Å². The van der Waals surface area contributed by atoms with Gasteiger partial charge in [-0.25, -0.2) is 4.98 Å². The lowest BCUT2D eigenvalue weighted by atomic mass is 10.1. The number of hydrogen-bond acceptors (Lipinski definition) is 8. The second-order valence-corrected chi connectivity index (χ2v) is 7.91. The Morgan fingerprint density at radius 3 is 2.76 bits per heavy atom. The Labute approximate surface area is 190 Å². The van der Waals surface area contributed by atoms with Crippen molar-refractivity contribution in [1.29, 1.82) is 0 Å². The molecule has 3 aromatic heterocycles. The summed E-state index contributed by atoms with van der Waals surface area (Å²) in [7, 11) is 1.89. The number of benzene rings is 1. The third kappa shape index (κ3) is 5.34. The number of nitrogens with one attached hydrogen (secondary N) is 1. The molecular formula is C21H17F3N6O2S. The fourth-order valence-electron chi connectivity index (χ4n) is 2.85. The highest BCUT2D eigenvalue weighted by molar-refractivity contribution is 7.18. The average molecular weight is 474 g/mol. The minimum Gasteiger partial charge on any atom is -0.363 e. The van der Waals surface area contributed by atoms with Gasteiger partial charge < -0.3 is 14.7 Å². The Morgan fingerprint density at radius 2 is 2.03 bits per heavy atom. The first-order valence-electron chi connectivity index (χ1n) is 9.69. The predicted octanol–water partition coefficient (Wildman–Crippen LogP) is 4.14. The van der Waals surface area contributed by atoms with Crippen LogP contribution >= 0.6 is 11.3 Å². The van der Waals surface area contributed by atoms with Crippen LogP contribution in [0.4, 0.5) is 18.2 Å². The standard InChI is InChI=1S/C21H17F3N6O2S/c1-30(16-12-27-19(33-16)15-7-2-3-8-25-15)10-9-26-18(31)14-6-4-5-13(11-14)17-28-20(32-29-17)21(22,23)24/h2-8,11-12H,9-10H2,1H3,(H,26,31). The molecule has 0 saturated carbocycles. The zero-order valence-corrected chi connectivity index (χ0v) is 18.0. The molecule has 4 aromatic rings. The maximum atomic E-state index is 12.7. The summed E-state index contributed by atoms with van der Waals surface area (Å²) in [5.41, 5.74) is 1.30. The number of alkyl halides is 3. The second-order valence-electron chi connectivity index (χ2n) is 6.90. The summed E-state index contributed by atoms with van der Waals surface area (Å²) in [5.74, 6) is -2.06. The summed E-state index contributed by atoms with van der Waals surface area (Å²) >= 11 is 1.49. The minimum atomic E-state index is -4.73. The van der Waals surface area contributed by atoms with Crippen LogP contribution in [-0.2, 0) is 6.18 Å². The molecule has 3 heterocycles. The highest BCUT2D eigenvalue weighted by atomic mass is 32.1. The molecule has 1 amide bonds. The van der Waals surface area contributed by atoms with Crippen molar-refractivity contribution in [2.24, 2.45) is 0 Å². The Morgan fingerprint density at radius 1 is 1.18 bits per heavy atom. The van der Waals surface area contributed by atoms with Crippen molar-refractivity contribution in [3.05, 3.63) is 66.3 Å². The first-order chi connectivity index (χ1) is 15.8. The number of rotatable bonds is 7. The number of hydrogen-bond donors (Lipinski definition) is 1. The summed E-state index contributed by atoms with van der Waals surface area (Å²) < 4.78 is 42.3. The van der Waals surface area contributed by atoms with Crippen molar-refractivity contribution in [3.63, 3.8) is 0 Å². The molecule has 12 heteroatoms. The van der Waals surface area contributed by atoms with Gasteiger partial charge in [0.25, 0.3) is 5.91 Å². The number of nitrogens with zero attached hydrogens (tertiary/aromatic N) is 5. The van der Waals surface area contributed by atoms with E-state index in [1.807, 2.05) is 30.1 Å². The number of carbonyl (C=O) groups is 1. The zero-order valence-electron chi connectivity index (χ0n) is 17.2. The van der Waals surface area contributed by atoms with E-state index in [9.17, 15) is 18.0 Å². The molecular weight excluding hydrogens is 457 g/mol. The lowest BCUT2D eigenvalue weighted by Crippen LogP contribution is -2.32. The molecule has 0 aliphatic rings. The van der Waals surface area contributed by atoms with Crippen molar-refractivity contribution in [2.45, 2.75) is 6.18 Å². The topological polar surface area (TPSA) is 97.0 Å². The average Bonchev–Trinajstić information content (AvgIpc) is 3.50. The van der Waals surface area contributed by atoms with Crippen LogP contribution in [0.3, 0.4) is 0 Å². The van der Waals surface area contributed by atoms with E-state index in [1.165, 1.54) is 29.5 Å². The maximum Gasteiger partial charge on any atom is 0.471 e. The SMILES string of the molecule is CN(CCNC(=O)c1cccc(-c2noc(C(F)(F)F)n2)c1)c1cnc(-c2ccccn2)s1. The van der Waals surface area contributed by atoms with Crippen molar-refractivity contribution in [3.8, 4) is 22.1 Å². The van der Waals surface area contributed by atoms with E-state index in [2.05, 4.69) is 29.9 Å². The number of aromatic nitrogens is 4. The van der Waals surface area contributed by atoms with E-state index in [0.29, 0.717) is 13.1 Å². The van der Waals surface area contributed by atoms with Crippen molar-refractivity contribution < 1.29 is 22.5 Å². The Hall–Kier alpha value is -3.80. The number of halogens is 3. The summed E-state index contributed by atoms with van der Waals surface area (Å²) in [4.78, 5) is 26.5. The summed E-state index contributed by atoms with van der Waals surface area (Å²) in [6.45, 7) is 0.867. The van der Waals surface area contributed by atoms with Crippen LogP contribution in [0.2, 0.25) is 0 Å². The lowest BCUT2D eigenvalue weighted by molar-refractivity contribution is -0.159. The Kier molecular flexibility index (Phi) is 6.36. The van der Waals surface area contributed by atoms with E-state index < -0.39 is 12.1 Å². The largest absolute Gasteiger partial charge is 0.471 e. The molecule has 0 atom stereocenters. The first kappa shape index (κ1) is 22.4. The lowest BCUT2D eigenvalue weighted by Gasteiger charge is -2.16. The van der Waals surface area contributed by atoms with Gasteiger partial charge in [0.05, 0.1) is 11.9 Å². The third-order valence-electron chi connectivity index (χ3n) is 4.54. The van der Waals surface area contributed by atoms with Gasteiger partial charge in [-0.05, 0) is 24.3 Å². The summed E-state index contributed by atoms with van der Waals surface area (Å²) in [5, 5.41) is 7.86. The molecule has 170 valence electrons. The molecule has 0 spiro atoms. The van der Waals surface area contributed by atoms with Crippen molar-refractivity contribution in [2.75, 3.05) is 25.0 Å². The molecule has 0 saturated heterocycles. The van der Waals surface area contributed by atoms with E-state index in [0.717, 1.165) is 15.7 Å². The van der Waals surface area contributed by atoms with Gasteiger partial charge in [0, 0.05) is 37.5 Å². The van der Waals surface area contributed by atoms with Gasteiger partial charge in [-0.15, -0.1) is 0 Å². The molecule has 0 unspecified atom stereocenters. The van der Waals surface area contributed by atoms with Crippen LogP contribution in [0, 0.1) is 0 Å². The van der Waals surface area contributed by atoms with E-state index in [-0.39, 0.29) is 22.9 Å². The number of carbonyl (C=O) groups excluding carboxylic acids is 1. The Balaban J connectivity index is 1.34. The molecule has 0 bridgehead atoms. The summed E-state index contributed by atoms with van der Waals surface area (Å²) in [6.07, 6.45) is -1.28. The smallest absolute Gasteiger partial charge is 0.363 e. The molecule has 4 rings (SSSR count). The predicted molar refractivity (Wildman–Crippen MR) is 116 cm³/mol. The van der Waals surface area contributed by atoms with Crippen LogP contribution in [0.5, 0.6) is 0 Å². The first-order valence-corrected chi connectivity index (χ1v) is 10.5. The molecule has 0 aliphatic carbocycles. The number of likely N-dealkylation sites (N-methyl/N-ethyl adjacent to an activating group) is 1. The number of amides is 1. The van der Waals surface area contributed by atoms with Gasteiger partial charge in [0.1, 0.15) is 10.0 Å². The Bertz CT molecular complexity index is 1240. The van der Waals surface area contributed by atoms with Crippen molar-refractivity contribution in [1.82, 2.24) is 25.4 Å². The monoisotopic (exact) mass is 474 g/mol. The zero-order chi connectivity index (χ0) is 23.4. The molecule has 0 aliphatic heterocycles. The van der Waals surface area contributed by atoms with Crippen LogP contribution < -0.4 is 10.2 Å². The molecule has 1 N–H and O–H groups in total. The third-order valence-corrected chi connectivity index (χ3v) is 5.67. The van der Waals surface area contributed by atoms with Gasteiger partial charge in [0.2, 0.25) is 5.82 Å². The molecule has 0 fully saturated rings. The number of anilines is 1. The molecule has 0 radical (unpaired) electrons. The maximum absolute atomic E-state index is 12.7. The van der Waals surface area contributed by atoms with Crippen molar-refractivity contribution >= 4 is 22.2 Å². The highest BCUT2D eigenvalue weighted by Crippen LogP contribution is 2.30. The molecule has 8 nitrogen and oxygen atoms in total. The summed E-state index contributed by atoms with van der Waals surface area (Å²) in [6, 6.07) is 11.6. The quantitative estimate of drug-likeness (QED) is 0.430. The van der Waals surface area contributed by atoms with Gasteiger partial charge in [-0.1, -0.05) is 34.7 Å². The van der Waals surface area contributed by atoms with Crippen LogP contribution in [0.1, 0.15) is 16.2 Å². The molecule has 33 heavy (non-hydrogen) atoms. The number of thiazole rings is 1. The van der Waals surface area contributed by atoms with Crippen LogP contribution in [0.15, 0.2) is 59.4 Å². The highest BCUT2D eigenvalue weighted by Gasteiger charge is 2.38. The van der Waals surface area contributed by atoms with E-state index in [4.69, 9.17) is 0 Å². The van der Waals surface area contributed by atoms with Gasteiger partial charge in [0.15, 0.2) is 0 Å². The van der Waals surface area contributed by atoms with Gasteiger partial charge in [-0.2, -0.15) is 18.2 Å². The number of pyridine rings is 1. The molecule has 1 aromatic carbocycles. The second kappa shape index (κ2) is 9.36. The van der Waals surface area contributed by atoms with Crippen LogP contribution in [0.25, 0.3) is 22.1 Å². The minimum absolute atomic E-state index is 0.241. The van der Waals surface area contributed by atoms with E-state index in [1.54, 1.807) is 18.5 Å². The normalized spacial score (nSPS) is 11.4. The fourth-order valence-corrected chi connectivity index (χ4v) is 3.74. The fraction of sp³-hybridized carbons (Fsp3) is 0.190. The van der Waals surface area contributed by atoms with E-state index >= 15 is 0 Å². The van der Waals surface area contributed by atoms with Gasteiger partial charge in [-0.3, -0.25) is 9.78 Å². The van der Waals surface area contributed by atoms with Gasteiger partial charge >= 0.3 is 12.1 Å².